The fourth-order valence-corrected chi connectivity index (χ4v) is 3.76. The van der Waals surface area contributed by atoms with Gasteiger partial charge in [0.2, 0.25) is 0 Å². The Morgan fingerprint density at radius 1 is 1.11 bits per heavy atom. The van der Waals surface area contributed by atoms with Gasteiger partial charge in [0, 0.05) is 24.2 Å². The van der Waals surface area contributed by atoms with E-state index in [1.54, 1.807) is 13.8 Å². The molecule has 0 unspecified atom stereocenters. The first-order valence-electron chi connectivity index (χ1n) is 10.9. The molecule has 0 aliphatic heterocycles. The van der Waals surface area contributed by atoms with Crippen molar-refractivity contribution in [3.05, 3.63) is 92.4 Å². The Kier molecular flexibility index (Phi) is 7.03. The van der Waals surface area contributed by atoms with Gasteiger partial charge in [0.25, 0.3) is 5.56 Å². The summed E-state index contributed by atoms with van der Waals surface area (Å²) in [4.78, 5) is 29.6. The van der Waals surface area contributed by atoms with E-state index in [2.05, 4.69) is 19.9 Å². The van der Waals surface area contributed by atoms with Crippen LogP contribution in [0.4, 0.5) is 13.2 Å². The van der Waals surface area contributed by atoms with Gasteiger partial charge in [-0.1, -0.05) is 11.6 Å². The minimum Gasteiger partial charge on any atom is -0.485 e. The van der Waals surface area contributed by atoms with Crippen molar-refractivity contribution in [1.82, 2.24) is 24.5 Å². The van der Waals surface area contributed by atoms with Gasteiger partial charge in [-0.3, -0.25) is 14.3 Å². The molecule has 4 rings (SSSR count). The highest BCUT2D eigenvalue weighted by Crippen LogP contribution is 2.35. The summed E-state index contributed by atoms with van der Waals surface area (Å²) < 4.78 is 49.1. The molecule has 0 radical (unpaired) electrons. The summed E-state index contributed by atoms with van der Waals surface area (Å²) in [5, 5.41) is 9.79. The second-order valence-electron chi connectivity index (χ2n) is 8.75. The van der Waals surface area contributed by atoms with E-state index in [1.165, 1.54) is 38.4 Å². The summed E-state index contributed by atoms with van der Waals surface area (Å²) >= 11 is 6.23. The molecule has 192 valence electrons. The first kappa shape index (κ1) is 26.2. The molecule has 0 bridgehead atoms. The zero-order valence-corrected chi connectivity index (χ0v) is 20.9. The third kappa shape index (κ3) is 5.18. The van der Waals surface area contributed by atoms with E-state index in [-0.39, 0.29) is 39.9 Å². The molecular weight excluding hydrogens is 511 g/mol. The second-order valence-corrected chi connectivity index (χ2v) is 9.13. The SMILES string of the molecule is Cc1cc(OCc2ncc(F)cc2F)c(Cl)c(F)c1-n1c(C)cnc(-c2ccnc(C(C)(C)O)n2)c1=O. The van der Waals surface area contributed by atoms with Crippen LogP contribution in [0.5, 0.6) is 5.75 Å². The van der Waals surface area contributed by atoms with Crippen molar-refractivity contribution < 1.29 is 23.0 Å². The molecule has 0 spiro atoms. The standard InChI is InChI=1S/C25H21ClF3N5O3/c1-12-7-18(37-11-17-15(28)8-14(27)10-31-17)19(26)20(29)22(12)34-13(2)9-32-21(23(34)35)16-5-6-30-24(33-16)25(3,4)36/h5-10,36H,11H2,1-4H3. The number of nitrogens with zero attached hydrogens (tertiary/aromatic N) is 5. The number of pyridine rings is 1. The number of rotatable bonds is 6. The fourth-order valence-electron chi connectivity index (χ4n) is 3.56. The highest BCUT2D eigenvalue weighted by Gasteiger charge is 2.24. The third-order valence-corrected chi connectivity index (χ3v) is 5.75. The Balaban J connectivity index is 1.77. The van der Waals surface area contributed by atoms with Crippen LogP contribution < -0.4 is 10.3 Å². The van der Waals surface area contributed by atoms with Crippen LogP contribution in [0.2, 0.25) is 5.02 Å². The quantitative estimate of drug-likeness (QED) is 0.388. The number of hydrogen-bond donors (Lipinski definition) is 1. The van der Waals surface area contributed by atoms with Crippen LogP contribution in [-0.2, 0) is 12.2 Å². The third-order valence-electron chi connectivity index (χ3n) is 5.39. The largest absolute Gasteiger partial charge is 0.485 e. The van der Waals surface area contributed by atoms with E-state index >= 15 is 4.39 Å². The highest BCUT2D eigenvalue weighted by atomic mass is 35.5. The van der Waals surface area contributed by atoms with E-state index in [1.807, 2.05) is 0 Å². The molecule has 3 aromatic heterocycles. The molecule has 0 atom stereocenters. The molecule has 3 heterocycles. The molecule has 8 nitrogen and oxygen atoms in total. The molecular formula is C25H21ClF3N5O3. The van der Waals surface area contributed by atoms with Crippen LogP contribution in [0.15, 0.2) is 41.6 Å². The highest BCUT2D eigenvalue weighted by molar-refractivity contribution is 6.32. The molecule has 0 aliphatic carbocycles. The second kappa shape index (κ2) is 9.91. The molecule has 0 saturated heterocycles. The Hall–Kier alpha value is -3.83. The van der Waals surface area contributed by atoms with Crippen molar-refractivity contribution in [2.24, 2.45) is 0 Å². The normalized spacial score (nSPS) is 11.6. The lowest BCUT2D eigenvalue weighted by molar-refractivity contribution is 0.0688. The molecule has 0 fully saturated rings. The van der Waals surface area contributed by atoms with Crippen molar-refractivity contribution >= 4 is 11.6 Å². The van der Waals surface area contributed by atoms with Gasteiger partial charge in [-0.25, -0.2) is 28.1 Å². The maximum absolute atomic E-state index is 15.6. The van der Waals surface area contributed by atoms with Crippen LogP contribution in [0.1, 0.15) is 36.6 Å². The molecule has 1 N–H and O–H groups in total. The molecule has 0 aliphatic rings. The van der Waals surface area contributed by atoms with Gasteiger partial charge in [-0.05, 0) is 45.4 Å². The van der Waals surface area contributed by atoms with Crippen LogP contribution in [-0.4, -0.2) is 29.6 Å². The Labute approximate surface area is 214 Å². The number of aryl methyl sites for hydroxylation is 2. The van der Waals surface area contributed by atoms with Gasteiger partial charge in [-0.2, -0.15) is 0 Å². The van der Waals surface area contributed by atoms with Gasteiger partial charge in [0.15, 0.2) is 23.2 Å². The molecule has 4 aromatic rings. The van der Waals surface area contributed by atoms with Crippen molar-refractivity contribution in [1.29, 1.82) is 0 Å². The van der Waals surface area contributed by atoms with E-state index in [0.717, 1.165) is 10.8 Å². The van der Waals surface area contributed by atoms with Crippen molar-refractivity contribution in [3.63, 3.8) is 0 Å². The lowest BCUT2D eigenvalue weighted by Gasteiger charge is -2.18. The number of hydrogen-bond acceptors (Lipinski definition) is 7. The van der Waals surface area contributed by atoms with E-state index in [4.69, 9.17) is 16.3 Å². The zero-order valence-electron chi connectivity index (χ0n) is 20.2. The first-order chi connectivity index (χ1) is 17.4. The number of aromatic nitrogens is 5. The Morgan fingerprint density at radius 2 is 1.84 bits per heavy atom. The monoisotopic (exact) mass is 531 g/mol. The number of aliphatic hydroxyl groups is 1. The maximum Gasteiger partial charge on any atom is 0.283 e. The topological polar surface area (TPSA) is 103 Å². The minimum absolute atomic E-state index is 0.0808. The van der Waals surface area contributed by atoms with E-state index < -0.39 is 40.2 Å². The first-order valence-corrected chi connectivity index (χ1v) is 11.3. The molecule has 37 heavy (non-hydrogen) atoms. The van der Waals surface area contributed by atoms with Crippen LogP contribution >= 0.6 is 11.6 Å². The predicted octanol–water partition coefficient (Wildman–Crippen LogP) is 4.58. The maximum atomic E-state index is 15.6. The lowest BCUT2D eigenvalue weighted by Crippen LogP contribution is -2.26. The van der Waals surface area contributed by atoms with Gasteiger partial charge >= 0.3 is 0 Å². The Morgan fingerprint density at radius 3 is 2.51 bits per heavy atom. The average molecular weight is 532 g/mol. The van der Waals surface area contributed by atoms with Crippen LogP contribution in [0.25, 0.3) is 17.1 Å². The molecule has 0 saturated carbocycles. The number of ether oxygens (including phenoxy) is 1. The summed E-state index contributed by atoms with van der Waals surface area (Å²) in [6.07, 6.45) is 3.59. The summed E-state index contributed by atoms with van der Waals surface area (Å²) in [5.74, 6) is -2.75. The lowest BCUT2D eigenvalue weighted by atomic mass is 10.1. The van der Waals surface area contributed by atoms with Crippen molar-refractivity contribution in [3.8, 4) is 22.8 Å². The smallest absolute Gasteiger partial charge is 0.283 e. The number of halogens is 4. The van der Waals surface area contributed by atoms with Crippen LogP contribution in [0, 0.1) is 31.3 Å². The average Bonchev–Trinajstić information content (AvgIpc) is 2.83. The molecule has 0 amide bonds. The fraction of sp³-hybridized carbons (Fsp3) is 0.240. The molecule has 1 aromatic carbocycles. The van der Waals surface area contributed by atoms with E-state index in [9.17, 15) is 18.7 Å². The summed E-state index contributed by atoms with van der Waals surface area (Å²) in [6.45, 7) is 5.68. The number of benzene rings is 1. The van der Waals surface area contributed by atoms with Gasteiger partial charge in [0.05, 0.1) is 17.6 Å². The van der Waals surface area contributed by atoms with Gasteiger partial charge < -0.3 is 9.84 Å². The van der Waals surface area contributed by atoms with Crippen molar-refractivity contribution in [2.45, 2.75) is 39.9 Å². The predicted molar refractivity (Wildman–Crippen MR) is 129 cm³/mol. The van der Waals surface area contributed by atoms with E-state index in [0.29, 0.717) is 11.8 Å². The summed E-state index contributed by atoms with van der Waals surface area (Å²) in [6, 6.07) is 3.50. The zero-order chi connectivity index (χ0) is 27.1. The van der Waals surface area contributed by atoms with Crippen LogP contribution in [0.3, 0.4) is 0 Å². The molecule has 12 heteroatoms. The summed E-state index contributed by atoms with van der Waals surface area (Å²) in [5.41, 5.74) is -1.72. The van der Waals surface area contributed by atoms with Gasteiger partial charge in [-0.15, -0.1) is 0 Å². The van der Waals surface area contributed by atoms with Gasteiger partial charge in [0.1, 0.15) is 34.5 Å². The Bertz CT molecular complexity index is 1570. The van der Waals surface area contributed by atoms with Crippen molar-refractivity contribution in [2.75, 3.05) is 0 Å². The summed E-state index contributed by atoms with van der Waals surface area (Å²) in [7, 11) is 0. The minimum atomic E-state index is -1.36.